The zero-order valence-corrected chi connectivity index (χ0v) is 12.9. The van der Waals surface area contributed by atoms with Gasteiger partial charge in [0.25, 0.3) is 0 Å². The fourth-order valence-electron chi connectivity index (χ4n) is 1.97. The van der Waals surface area contributed by atoms with E-state index in [1.165, 1.54) is 11.1 Å². The van der Waals surface area contributed by atoms with Crippen LogP contribution in [-0.2, 0) is 11.3 Å². The highest BCUT2D eigenvalue weighted by Crippen LogP contribution is 2.11. The van der Waals surface area contributed by atoms with E-state index in [0.717, 1.165) is 0 Å². The first-order valence-corrected chi connectivity index (χ1v) is 6.95. The van der Waals surface area contributed by atoms with Gasteiger partial charge in [-0.3, -0.25) is 9.69 Å². The molecule has 1 heterocycles. The van der Waals surface area contributed by atoms with E-state index in [4.69, 9.17) is 4.52 Å². The first-order valence-electron chi connectivity index (χ1n) is 6.95. The molecule has 1 amide bonds. The highest BCUT2D eigenvalue weighted by atomic mass is 16.5. The Hall–Kier alpha value is -2.14. The summed E-state index contributed by atoms with van der Waals surface area (Å²) < 4.78 is 4.93. The number of aromatic nitrogens is 1. The maximum atomic E-state index is 12.2. The van der Waals surface area contributed by atoms with E-state index in [0.29, 0.717) is 18.1 Å². The number of nitrogens with one attached hydrogen (secondary N) is 1. The van der Waals surface area contributed by atoms with Crippen molar-refractivity contribution in [3.8, 4) is 0 Å². The monoisotopic (exact) mass is 287 g/mol. The summed E-state index contributed by atoms with van der Waals surface area (Å²) in [5, 5.41) is 6.52. The molecular weight excluding hydrogens is 266 g/mol. The van der Waals surface area contributed by atoms with Gasteiger partial charge in [0.1, 0.15) is 5.76 Å². The van der Waals surface area contributed by atoms with Crippen LogP contribution in [0.15, 0.2) is 34.9 Å². The Kier molecular flexibility index (Phi) is 4.75. The first kappa shape index (κ1) is 15.3. The summed E-state index contributed by atoms with van der Waals surface area (Å²) in [6, 6.07) is 9.75. The van der Waals surface area contributed by atoms with Crippen molar-refractivity contribution in [2.24, 2.45) is 0 Å². The van der Waals surface area contributed by atoms with Crippen molar-refractivity contribution in [2.75, 3.05) is 12.4 Å². The number of likely N-dealkylation sites (N-methyl/N-ethyl adjacent to an activating group) is 1. The van der Waals surface area contributed by atoms with E-state index in [2.05, 4.69) is 41.7 Å². The minimum atomic E-state index is -0.261. The number of hydrogen-bond donors (Lipinski definition) is 1. The number of carbonyl (C=O) groups excluding carboxylic acids is 1. The lowest BCUT2D eigenvalue weighted by atomic mass is 10.1. The number of rotatable bonds is 5. The van der Waals surface area contributed by atoms with Gasteiger partial charge >= 0.3 is 0 Å². The second kappa shape index (κ2) is 6.54. The van der Waals surface area contributed by atoms with Crippen LogP contribution >= 0.6 is 0 Å². The molecule has 0 saturated heterocycles. The molecule has 0 saturated carbocycles. The average Bonchev–Trinajstić information content (AvgIpc) is 2.85. The minimum absolute atomic E-state index is 0.0992. The number of anilines is 1. The summed E-state index contributed by atoms with van der Waals surface area (Å²) in [7, 11) is 1.93. The van der Waals surface area contributed by atoms with Gasteiger partial charge < -0.3 is 9.84 Å². The molecule has 2 aromatic rings. The molecule has 5 heteroatoms. The van der Waals surface area contributed by atoms with Crippen molar-refractivity contribution >= 4 is 11.7 Å². The molecule has 0 aliphatic carbocycles. The van der Waals surface area contributed by atoms with Crippen molar-refractivity contribution < 1.29 is 9.32 Å². The Morgan fingerprint density at radius 2 is 2.00 bits per heavy atom. The molecule has 1 aromatic heterocycles. The number of aryl methyl sites for hydroxylation is 2. The predicted molar refractivity (Wildman–Crippen MR) is 82.0 cm³/mol. The van der Waals surface area contributed by atoms with Crippen LogP contribution in [0.3, 0.4) is 0 Å². The molecule has 21 heavy (non-hydrogen) atoms. The van der Waals surface area contributed by atoms with Crippen LogP contribution in [0.25, 0.3) is 0 Å². The van der Waals surface area contributed by atoms with Crippen LogP contribution in [0.1, 0.15) is 23.8 Å². The second-order valence-electron chi connectivity index (χ2n) is 5.39. The third-order valence-corrected chi connectivity index (χ3v) is 3.47. The van der Waals surface area contributed by atoms with Gasteiger partial charge in [-0.15, -0.1) is 0 Å². The van der Waals surface area contributed by atoms with Crippen LogP contribution in [0.4, 0.5) is 5.82 Å². The van der Waals surface area contributed by atoms with Crippen LogP contribution < -0.4 is 5.32 Å². The Bertz CT molecular complexity index is 604. The summed E-state index contributed by atoms with van der Waals surface area (Å²) in [5.74, 6) is 1.02. The van der Waals surface area contributed by atoms with Crippen LogP contribution in [0.2, 0.25) is 0 Å². The molecule has 1 N–H and O–H groups in total. The first-order chi connectivity index (χ1) is 9.95. The SMILES string of the molecule is Cc1ccc(CN(C)[C@@H](C)C(=O)Nc2cc(C)on2)cc1. The maximum Gasteiger partial charge on any atom is 0.242 e. The normalized spacial score (nSPS) is 12.4. The number of benzene rings is 1. The topological polar surface area (TPSA) is 58.4 Å². The summed E-state index contributed by atoms with van der Waals surface area (Å²) in [6.07, 6.45) is 0. The lowest BCUT2D eigenvalue weighted by Crippen LogP contribution is -2.39. The van der Waals surface area contributed by atoms with Gasteiger partial charge in [0.05, 0.1) is 6.04 Å². The van der Waals surface area contributed by atoms with Crippen molar-refractivity contribution in [1.29, 1.82) is 0 Å². The van der Waals surface area contributed by atoms with E-state index in [9.17, 15) is 4.79 Å². The molecule has 5 nitrogen and oxygen atoms in total. The molecule has 0 bridgehead atoms. The molecule has 0 radical (unpaired) electrons. The fourth-order valence-corrected chi connectivity index (χ4v) is 1.97. The highest BCUT2D eigenvalue weighted by Gasteiger charge is 2.19. The van der Waals surface area contributed by atoms with Crippen LogP contribution in [-0.4, -0.2) is 29.1 Å². The van der Waals surface area contributed by atoms with Crippen LogP contribution in [0, 0.1) is 13.8 Å². The molecule has 0 aliphatic heterocycles. The Balaban J connectivity index is 1.93. The number of hydrogen-bond acceptors (Lipinski definition) is 4. The Labute approximate surface area is 124 Å². The van der Waals surface area contributed by atoms with Crippen molar-refractivity contribution in [3.05, 3.63) is 47.2 Å². The highest BCUT2D eigenvalue weighted by molar-refractivity contribution is 5.93. The largest absolute Gasteiger partial charge is 0.360 e. The molecular formula is C16H21N3O2. The molecule has 0 spiro atoms. The average molecular weight is 287 g/mol. The molecule has 112 valence electrons. The molecule has 0 unspecified atom stereocenters. The van der Waals surface area contributed by atoms with E-state index >= 15 is 0 Å². The van der Waals surface area contributed by atoms with Gasteiger partial charge in [0, 0.05) is 12.6 Å². The molecule has 0 aliphatic rings. The lowest BCUT2D eigenvalue weighted by molar-refractivity contribution is -0.120. The third-order valence-electron chi connectivity index (χ3n) is 3.47. The van der Waals surface area contributed by atoms with E-state index in [1.54, 1.807) is 13.0 Å². The molecule has 0 fully saturated rings. The van der Waals surface area contributed by atoms with Crippen molar-refractivity contribution in [2.45, 2.75) is 33.4 Å². The molecule has 1 atom stereocenters. The summed E-state index contributed by atoms with van der Waals surface area (Å²) >= 11 is 0. The Morgan fingerprint density at radius 3 is 2.57 bits per heavy atom. The summed E-state index contributed by atoms with van der Waals surface area (Å²) in [5.41, 5.74) is 2.41. The summed E-state index contributed by atoms with van der Waals surface area (Å²) in [6.45, 7) is 6.43. The van der Waals surface area contributed by atoms with Crippen LogP contribution in [0.5, 0.6) is 0 Å². The van der Waals surface area contributed by atoms with E-state index in [-0.39, 0.29) is 11.9 Å². The van der Waals surface area contributed by atoms with E-state index in [1.807, 2.05) is 18.9 Å². The predicted octanol–water partition coefficient (Wildman–Crippen LogP) is 2.75. The maximum absolute atomic E-state index is 12.2. The number of nitrogens with zero attached hydrogens (tertiary/aromatic N) is 2. The van der Waals surface area contributed by atoms with Gasteiger partial charge in [0.2, 0.25) is 5.91 Å². The van der Waals surface area contributed by atoms with Gasteiger partial charge in [-0.25, -0.2) is 0 Å². The van der Waals surface area contributed by atoms with Crippen molar-refractivity contribution in [3.63, 3.8) is 0 Å². The summed E-state index contributed by atoms with van der Waals surface area (Å²) in [4.78, 5) is 14.2. The van der Waals surface area contributed by atoms with Gasteiger partial charge in [-0.05, 0) is 33.4 Å². The lowest BCUT2D eigenvalue weighted by Gasteiger charge is -2.23. The fraction of sp³-hybridized carbons (Fsp3) is 0.375. The van der Waals surface area contributed by atoms with Gasteiger partial charge in [0.15, 0.2) is 5.82 Å². The molecule has 1 aromatic carbocycles. The quantitative estimate of drug-likeness (QED) is 0.918. The number of amides is 1. The zero-order valence-electron chi connectivity index (χ0n) is 12.9. The second-order valence-corrected chi connectivity index (χ2v) is 5.39. The van der Waals surface area contributed by atoms with E-state index < -0.39 is 0 Å². The van der Waals surface area contributed by atoms with Gasteiger partial charge in [-0.2, -0.15) is 0 Å². The number of carbonyl (C=O) groups is 1. The smallest absolute Gasteiger partial charge is 0.242 e. The van der Waals surface area contributed by atoms with Crippen molar-refractivity contribution in [1.82, 2.24) is 10.1 Å². The Morgan fingerprint density at radius 1 is 1.33 bits per heavy atom. The van der Waals surface area contributed by atoms with Gasteiger partial charge in [-0.1, -0.05) is 35.0 Å². The standard InChI is InChI=1S/C16H21N3O2/c1-11-5-7-14(8-6-11)10-19(4)13(3)16(20)17-15-9-12(2)21-18-15/h5-9,13H,10H2,1-4H3,(H,17,18,20)/t13-/m0/s1. The molecule has 2 rings (SSSR count). The zero-order chi connectivity index (χ0) is 15.4. The minimum Gasteiger partial charge on any atom is -0.360 e. The third kappa shape index (κ3) is 4.16.